The highest BCUT2D eigenvalue weighted by Gasteiger charge is 2.13. The Kier molecular flexibility index (Phi) is 5.03. The van der Waals surface area contributed by atoms with Crippen molar-refractivity contribution in [1.82, 2.24) is 0 Å². The van der Waals surface area contributed by atoms with Gasteiger partial charge in [0.25, 0.3) is 0 Å². The second-order valence-corrected chi connectivity index (χ2v) is 7.84. The molecule has 1 heteroatoms. The van der Waals surface area contributed by atoms with Crippen molar-refractivity contribution in [3.05, 3.63) is 96.1 Å². The fourth-order valence-corrected chi connectivity index (χ4v) is 5.09. The van der Waals surface area contributed by atoms with E-state index >= 15 is 0 Å². The van der Waals surface area contributed by atoms with Crippen LogP contribution in [0.3, 0.4) is 0 Å². The molecule has 0 atom stereocenters. The lowest BCUT2D eigenvalue weighted by atomic mass is 10.1. The minimum absolute atomic E-state index is 0.287. The van der Waals surface area contributed by atoms with E-state index in [2.05, 4.69) is 91.9 Å². The molecule has 3 rings (SSSR count). The molecule has 0 heterocycles. The molecule has 0 amide bonds. The van der Waals surface area contributed by atoms with Gasteiger partial charge in [-0.25, -0.2) is 0 Å². The van der Waals surface area contributed by atoms with Crippen molar-refractivity contribution in [3.63, 3.8) is 0 Å². The van der Waals surface area contributed by atoms with Gasteiger partial charge >= 0.3 is 0 Å². The Morgan fingerprint density at radius 2 is 1.14 bits per heavy atom. The number of benzene rings is 3. The molecule has 0 aromatic heterocycles. The maximum atomic E-state index is 2.27. The minimum atomic E-state index is -0.287. The SMILES string of the molecule is Cc1ccccc1CCP(c1ccccc1)c1ccccc1. The molecular weight excluding hydrogens is 283 g/mol. The predicted molar refractivity (Wildman–Crippen MR) is 98.8 cm³/mol. The highest BCUT2D eigenvalue weighted by Crippen LogP contribution is 2.34. The van der Waals surface area contributed by atoms with Crippen molar-refractivity contribution in [3.8, 4) is 0 Å². The highest BCUT2D eigenvalue weighted by atomic mass is 31.1. The smallest absolute Gasteiger partial charge is 0.0195 e. The Labute approximate surface area is 134 Å². The summed E-state index contributed by atoms with van der Waals surface area (Å²) in [4.78, 5) is 0. The van der Waals surface area contributed by atoms with E-state index < -0.39 is 0 Å². The minimum Gasteiger partial charge on any atom is -0.0622 e. The molecule has 0 spiro atoms. The average molecular weight is 304 g/mol. The molecule has 0 saturated heterocycles. The predicted octanol–water partition coefficient (Wildman–Crippen LogP) is 4.67. The lowest BCUT2D eigenvalue weighted by molar-refractivity contribution is 1.12. The number of rotatable bonds is 5. The second kappa shape index (κ2) is 7.38. The Hall–Kier alpha value is -1.91. The molecule has 0 fully saturated rings. The van der Waals surface area contributed by atoms with Gasteiger partial charge in [-0.2, -0.15) is 0 Å². The number of hydrogen-bond donors (Lipinski definition) is 0. The summed E-state index contributed by atoms with van der Waals surface area (Å²) in [5.41, 5.74) is 2.88. The molecule has 0 saturated carbocycles. The Bertz CT molecular complexity index is 665. The monoisotopic (exact) mass is 304 g/mol. The first kappa shape index (κ1) is 15.0. The van der Waals surface area contributed by atoms with E-state index in [4.69, 9.17) is 0 Å². The fourth-order valence-electron chi connectivity index (χ4n) is 2.75. The van der Waals surface area contributed by atoms with Gasteiger partial charge in [0, 0.05) is 0 Å². The molecule has 3 aromatic carbocycles. The van der Waals surface area contributed by atoms with Crippen LogP contribution in [-0.2, 0) is 6.42 Å². The van der Waals surface area contributed by atoms with Gasteiger partial charge in [0.05, 0.1) is 0 Å². The summed E-state index contributed by atoms with van der Waals surface area (Å²) in [6.45, 7) is 2.21. The molecular formula is C21H21P. The van der Waals surface area contributed by atoms with E-state index in [1.54, 1.807) is 0 Å². The summed E-state index contributed by atoms with van der Waals surface area (Å²) >= 11 is 0. The molecule has 110 valence electrons. The van der Waals surface area contributed by atoms with E-state index in [1.165, 1.54) is 27.9 Å². The van der Waals surface area contributed by atoms with Crippen molar-refractivity contribution in [2.45, 2.75) is 13.3 Å². The van der Waals surface area contributed by atoms with Crippen LogP contribution in [0.2, 0.25) is 0 Å². The maximum absolute atomic E-state index is 2.27. The lowest BCUT2D eigenvalue weighted by Gasteiger charge is -2.19. The van der Waals surface area contributed by atoms with Crippen LogP contribution in [0.1, 0.15) is 11.1 Å². The van der Waals surface area contributed by atoms with Crippen molar-refractivity contribution < 1.29 is 0 Å². The largest absolute Gasteiger partial charge is 0.0622 e. The Morgan fingerprint density at radius 1 is 0.636 bits per heavy atom. The molecule has 0 unspecified atom stereocenters. The van der Waals surface area contributed by atoms with Gasteiger partial charge in [-0.15, -0.1) is 0 Å². The summed E-state index contributed by atoms with van der Waals surface area (Å²) in [6.07, 6.45) is 2.34. The number of hydrogen-bond acceptors (Lipinski definition) is 0. The van der Waals surface area contributed by atoms with Crippen LogP contribution in [-0.4, -0.2) is 6.16 Å². The van der Waals surface area contributed by atoms with E-state index in [0.717, 1.165) is 6.42 Å². The molecule has 0 aliphatic rings. The summed E-state index contributed by atoms with van der Waals surface area (Å²) in [5, 5.41) is 2.94. The molecule has 0 radical (unpaired) electrons. The van der Waals surface area contributed by atoms with Crippen LogP contribution in [0.25, 0.3) is 0 Å². The van der Waals surface area contributed by atoms with Crippen LogP contribution < -0.4 is 10.6 Å². The van der Waals surface area contributed by atoms with Crippen molar-refractivity contribution in [2.75, 3.05) is 6.16 Å². The topological polar surface area (TPSA) is 0 Å². The maximum Gasteiger partial charge on any atom is -0.0195 e. The molecule has 0 aliphatic carbocycles. The first-order valence-electron chi connectivity index (χ1n) is 7.77. The van der Waals surface area contributed by atoms with Gasteiger partial charge < -0.3 is 0 Å². The Balaban J connectivity index is 1.85. The second-order valence-electron chi connectivity index (χ2n) is 5.50. The third-order valence-corrected chi connectivity index (χ3v) is 6.52. The van der Waals surface area contributed by atoms with Crippen LogP contribution >= 0.6 is 7.92 Å². The fraction of sp³-hybridized carbons (Fsp3) is 0.143. The Morgan fingerprint density at radius 3 is 1.68 bits per heavy atom. The van der Waals surface area contributed by atoms with Crippen LogP contribution in [0.4, 0.5) is 0 Å². The molecule has 0 N–H and O–H groups in total. The van der Waals surface area contributed by atoms with Gasteiger partial charge in [0.15, 0.2) is 0 Å². The normalized spacial score (nSPS) is 10.8. The summed E-state index contributed by atoms with van der Waals surface area (Å²) in [6, 6.07) is 30.7. The average Bonchev–Trinajstić information content (AvgIpc) is 2.59. The van der Waals surface area contributed by atoms with Gasteiger partial charge in [-0.3, -0.25) is 0 Å². The zero-order valence-corrected chi connectivity index (χ0v) is 13.8. The van der Waals surface area contributed by atoms with E-state index in [-0.39, 0.29) is 7.92 Å². The van der Waals surface area contributed by atoms with Crippen molar-refractivity contribution in [1.29, 1.82) is 0 Å². The summed E-state index contributed by atoms with van der Waals surface area (Å²) in [5.74, 6) is 0. The van der Waals surface area contributed by atoms with Gasteiger partial charge in [0.1, 0.15) is 0 Å². The van der Waals surface area contributed by atoms with Gasteiger partial charge in [0.2, 0.25) is 0 Å². The van der Waals surface area contributed by atoms with Crippen LogP contribution in [0.15, 0.2) is 84.9 Å². The van der Waals surface area contributed by atoms with Gasteiger partial charge in [-0.1, -0.05) is 84.9 Å². The third kappa shape index (κ3) is 3.64. The number of aryl methyl sites for hydroxylation is 2. The quantitative estimate of drug-likeness (QED) is 0.601. The summed E-state index contributed by atoms with van der Waals surface area (Å²) in [7, 11) is -0.287. The molecule has 0 nitrogen and oxygen atoms in total. The highest BCUT2D eigenvalue weighted by molar-refractivity contribution is 7.73. The molecule has 22 heavy (non-hydrogen) atoms. The van der Waals surface area contributed by atoms with Crippen LogP contribution in [0, 0.1) is 6.92 Å². The van der Waals surface area contributed by atoms with Gasteiger partial charge in [-0.05, 0) is 49.2 Å². The first-order chi connectivity index (χ1) is 10.8. The first-order valence-corrected chi connectivity index (χ1v) is 9.29. The van der Waals surface area contributed by atoms with E-state index in [0.29, 0.717) is 0 Å². The van der Waals surface area contributed by atoms with Crippen LogP contribution in [0.5, 0.6) is 0 Å². The van der Waals surface area contributed by atoms with Crippen molar-refractivity contribution >= 4 is 18.5 Å². The molecule has 0 aliphatic heterocycles. The third-order valence-electron chi connectivity index (χ3n) is 4.00. The lowest BCUT2D eigenvalue weighted by Crippen LogP contribution is -2.15. The zero-order valence-electron chi connectivity index (χ0n) is 12.9. The standard InChI is InChI=1S/C21H21P/c1-18-10-8-9-11-19(18)16-17-22(20-12-4-2-5-13-20)21-14-6-3-7-15-21/h2-15H,16-17H2,1H3. The molecule has 3 aromatic rings. The van der Waals surface area contributed by atoms with E-state index in [1.807, 2.05) is 0 Å². The molecule has 0 bridgehead atoms. The zero-order chi connectivity index (χ0) is 15.2. The van der Waals surface area contributed by atoms with E-state index in [9.17, 15) is 0 Å². The van der Waals surface area contributed by atoms with Crippen molar-refractivity contribution in [2.24, 2.45) is 0 Å². The summed E-state index contributed by atoms with van der Waals surface area (Å²) < 4.78 is 0.